The monoisotopic (exact) mass is 404 g/mol. The lowest BCUT2D eigenvalue weighted by molar-refractivity contribution is 0.344. The first-order valence-corrected chi connectivity index (χ1v) is 12.3. The molecule has 1 atom stereocenters. The van der Waals surface area contributed by atoms with Gasteiger partial charge in [-0.15, -0.1) is 11.8 Å². The van der Waals surface area contributed by atoms with E-state index < -0.39 is 5.69 Å². The fourth-order valence-corrected chi connectivity index (χ4v) is 9.02. The number of rotatable bonds is 7. The highest BCUT2D eigenvalue weighted by atomic mass is 35.5. The number of thioether (sulfide) groups is 1. The normalized spacial score (nSPS) is 14.8. The predicted octanol–water partition coefficient (Wildman–Crippen LogP) is 6.86. The molecule has 0 aliphatic rings. The molecule has 0 amide bonds. The Morgan fingerprint density at radius 3 is 2.48 bits per heavy atom. The van der Waals surface area contributed by atoms with Gasteiger partial charge in [0.05, 0.1) is 11.6 Å². The van der Waals surface area contributed by atoms with Crippen LogP contribution in [0.1, 0.15) is 27.7 Å². The molecule has 1 unspecified atom stereocenters. The van der Waals surface area contributed by atoms with Crippen molar-refractivity contribution in [2.45, 2.75) is 32.4 Å². The Morgan fingerprint density at radius 2 is 1.95 bits per heavy atom. The minimum atomic E-state index is -2.47. The summed E-state index contributed by atoms with van der Waals surface area (Å²) in [6.45, 7) is 8.92. The zero-order chi connectivity index (χ0) is 16.1. The quantitative estimate of drug-likeness (QED) is 0.363. The Labute approximate surface area is 150 Å². The van der Waals surface area contributed by atoms with Gasteiger partial charge in [0.2, 0.25) is 0 Å². The summed E-state index contributed by atoms with van der Waals surface area (Å²) in [5.41, 5.74) is -2.47. The third kappa shape index (κ3) is 7.83. The Balaban J connectivity index is 2.77. The number of hydrogen-bond acceptors (Lipinski definition) is 5. The molecule has 0 radical (unpaired) electrons. The minimum Gasteiger partial charge on any atom is -0.435 e. The number of hydrogen-bond donors (Lipinski definition) is 0. The van der Waals surface area contributed by atoms with E-state index in [0.717, 1.165) is 5.08 Å². The lowest BCUT2D eigenvalue weighted by atomic mass is 10.3. The Kier molecular flexibility index (Phi) is 8.24. The third-order valence-electron chi connectivity index (χ3n) is 2.09. The van der Waals surface area contributed by atoms with E-state index in [1.54, 1.807) is 18.2 Å². The van der Waals surface area contributed by atoms with Crippen molar-refractivity contribution < 1.29 is 9.05 Å². The zero-order valence-electron chi connectivity index (χ0n) is 12.4. The van der Waals surface area contributed by atoms with E-state index in [0.29, 0.717) is 22.4 Å². The zero-order valence-corrected chi connectivity index (χ0v) is 17.2. The lowest BCUT2D eigenvalue weighted by Crippen LogP contribution is -2.07. The van der Waals surface area contributed by atoms with Crippen LogP contribution in [0.4, 0.5) is 0 Å². The molecule has 0 aliphatic carbocycles. The molecule has 0 saturated heterocycles. The summed E-state index contributed by atoms with van der Waals surface area (Å²) in [5, 5.41) is 1.82. The van der Waals surface area contributed by atoms with Crippen molar-refractivity contribution in [3.8, 4) is 5.75 Å². The van der Waals surface area contributed by atoms with Crippen LogP contribution < -0.4 is 4.52 Å². The highest BCUT2D eigenvalue weighted by Gasteiger charge is 2.24. The van der Waals surface area contributed by atoms with Crippen molar-refractivity contribution >= 4 is 63.8 Å². The summed E-state index contributed by atoms with van der Waals surface area (Å²) in [4.78, 5) is 0. The van der Waals surface area contributed by atoms with Gasteiger partial charge in [-0.1, -0.05) is 44.0 Å². The van der Waals surface area contributed by atoms with Crippen LogP contribution in [0.25, 0.3) is 0 Å². The molecule has 2 nitrogen and oxygen atoms in total. The third-order valence-corrected chi connectivity index (χ3v) is 9.62. The summed E-state index contributed by atoms with van der Waals surface area (Å²) >= 11 is 21.0. The Hall–Kier alpha value is 0.910. The first-order valence-electron chi connectivity index (χ1n) is 6.33. The summed E-state index contributed by atoms with van der Waals surface area (Å²) in [6.07, 6.45) is 0. The van der Waals surface area contributed by atoms with Crippen molar-refractivity contribution in [3.05, 3.63) is 28.2 Å². The Bertz CT molecular complexity index is 521. The van der Waals surface area contributed by atoms with Crippen molar-refractivity contribution in [1.82, 2.24) is 0 Å². The van der Waals surface area contributed by atoms with Crippen molar-refractivity contribution in [1.29, 1.82) is 0 Å². The molecule has 1 aromatic rings. The molecule has 1 rings (SSSR count). The summed E-state index contributed by atoms with van der Waals surface area (Å²) in [6, 6.07) is 5.09. The van der Waals surface area contributed by atoms with E-state index >= 15 is 0 Å². The van der Waals surface area contributed by atoms with Gasteiger partial charge in [-0.05, 0) is 48.3 Å². The second kappa shape index (κ2) is 8.68. The van der Waals surface area contributed by atoms with Gasteiger partial charge in [-0.25, -0.2) is 0 Å². The molecular weight excluding hydrogens is 386 g/mol. The second-order valence-electron chi connectivity index (χ2n) is 5.03. The lowest BCUT2D eigenvalue weighted by Gasteiger charge is -2.24. The predicted molar refractivity (Wildman–Crippen MR) is 103 cm³/mol. The van der Waals surface area contributed by atoms with Gasteiger partial charge >= 0.3 is 0 Å². The van der Waals surface area contributed by atoms with Crippen LogP contribution in [0.3, 0.4) is 0 Å². The van der Waals surface area contributed by atoms with Crippen LogP contribution in [-0.2, 0) is 16.3 Å². The van der Waals surface area contributed by atoms with Crippen LogP contribution in [0.2, 0.25) is 10.0 Å². The number of benzene rings is 1. The van der Waals surface area contributed by atoms with Crippen molar-refractivity contribution in [2.75, 3.05) is 11.7 Å². The van der Waals surface area contributed by atoms with Gasteiger partial charge < -0.3 is 9.05 Å². The fourth-order valence-electron chi connectivity index (χ4n) is 1.19. The maximum Gasteiger partial charge on any atom is 0.298 e. The van der Waals surface area contributed by atoms with Gasteiger partial charge in [0.15, 0.2) is 0 Å². The highest BCUT2D eigenvalue weighted by Crippen LogP contribution is 2.62. The molecule has 0 N–H and O–H groups in total. The van der Waals surface area contributed by atoms with E-state index in [2.05, 4.69) is 20.8 Å². The average Bonchev–Trinajstić information content (AvgIpc) is 2.31. The molecule has 120 valence electrons. The molecular formula is C13H19Cl2O2PS3. The molecule has 0 heterocycles. The van der Waals surface area contributed by atoms with Crippen LogP contribution in [-0.4, -0.2) is 16.4 Å². The molecule has 0 aliphatic heterocycles. The molecule has 8 heteroatoms. The molecule has 1 aromatic carbocycles. The molecule has 0 saturated carbocycles. The number of halogens is 2. The molecule has 0 bridgehead atoms. The van der Waals surface area contributed by atoms with E-state index in [4.69, 9.17) is 44.1 Å². The maximum atomic E-state index is 6.13. The smallest absolute Gasteiger partial charge is 0.298 e. The fraction of sp³-hybridized carbons (Fsp3) is 0.538. The van der Waals surface area contributed by atoms with E-state index in [1.807, 2.05) is 18.7 Å². The van der Waals surface area contributed by atoms with Gasteiger partial charge in [0.1, 0.15) is 5.75 Å². The van der Waals surface area contributed by atoms with Gasteiger partial charge in [0.25, 0.3) is 5.69 Å². The van der Waals surface area contributed by atoms with Crippen LogP contribution in [0.15, 0.2) is 18.2 Å². The molecule has 0 spiro atoms. The Morgan fingerprint density at radius 1 is 1.29 bits per heavy atom. The summed E-state index contributed by atoms with van der Waals surface area (Å²) in [7, 11) is 0. The van der Waals surface area contributed by atoms with Gasteiger partial charge in [-0.3, -0.25) is 0 Å². The van der Waals surface area contributed by atoms with E-state index in [1.165, 1.54) is 11.4 Å². The SMILES string of the molecule is CCOP(=S)(Oc1ccc(Cl)cc1Cl)SCSC(C)(C)C. The molecule has 21 heavy (non-hydrogen) atoms. The minimum absolute atomic E-state index is 0.178. The van der Waals surface area contributed by atoms with E-state index in [9.17, 15) is 0 Å². The van der Waals surface area contributed by atoms with Crippen molar-refractivity contribution in [2.24, 2.45) is 0 Å². The van der Waals surface area contributed by atoms with Crippen LogP contribution in [0, 0.1) is 0 Å². The molecule has 0 fully saturated rings. The first-order chi connectivity index (χ1) is 9.65. The first kappa shape index (κ1) is 20.0. The van der Waals surface area contributed by atoms with Crippen molar-refractivity contribution in [3.63, 3.8) is 0 Å². The topological polar surface area (TPSA) is 18.5 Å². The average molecular weight is 405 g/mol. The van der Waals surface area contributed by atoms with Gasteiger partial charge in [-0.2, -0.15) is 0 Å². The molecule has 0 aromatic heterocycles. The van der Waals surface area contributed by atoms with E-state index in [-0.39, 0.29) is 4.75 Å². The highest BCUT2D eigenvalue weighted by molar-refractivity contribution is 8.69. The van der Waals surface area contributed by atoms with Crippen LogP contribution >= 0.6 is 52.0 Å². The summed E-state index contributed by atoms with van der Waals surface area (Å²) < 4.78 is 11.8. The largest absolute Gasteiger partial charge is 0.435 e. The summed E-state index contributed by atoms with van der Waals surface area (Å²) in [5.74, 6) is 0.520. The van der Waals surface area contributed by atoms with Crippen LogP contribution in [0.5, 0.6) is 5.75 Å². The second-order valence-corrected chi connectivity index (χ2v) is 14.3. The maximum absolute atomic E-state index is 6.13. The standard InChI is InChI=1S/C13H19Cl2O2PS3/c1-5-16-18(19,21-9-20-13(2,3)4)17-12-7-6-10(14)8-11(12)15/h6-8H,5,9H2,1-4H3. The van der Waals surface area contributed by atoms with Gasteiger partial charge in [0, 0.05) is 14.9 Å².